The van der Waals surface area contributed by atoms with Crippen LogP contribution in [0.3, 0.4) is 0 Å². The first kappa shape index (κ1) is 17.4. The Bertz CT molecular complexity index is 493. The third-order valence-corrected chi connectivity index (χ3v) is 2.85. The Kier molecular flexibility index (Phi) is 6.54. The lowest BCUT2D eigenvalue weighted by Crippen LogP contribution is -2.28. The van der Waals surface area contributed by atoms with Crippen LogP contribution in [0.5, 0.6) is 0 Å². The van der Waals surface area contributed by atoms with Crippen LogP contribution in [0.25, 0.3) is 0 Å². The lowest BCUT2D eigenvalue weighted by atomic mass is 10.1. The van der Waals surface area contributed by atoms with Crippen LogP contribution in [0.15, 0.2) is 0 Å². The van der Waals surface area contributed by atoms with Gasteiger partial charge in [-0.25, -0.2) is 22.0 Å². The van der Waals surface area contributed by atoms with Crippen LogP contribution in [-0.2, 0) is 0 Å². The molecule has 3 nitrogen and oxygen atoms in total. The number of rotatable bonds is 7. The van der Waals surface area contributed by atoms with E-state index >= 15 is 0 Å². The van der Waals surface area contributed by atoms with Crippen molar-refractivity contribution in [1.82, 2.24) is 5.32 Å². The van der Waals surface area contributed by atoms with Crippen molar-refractivity contribution in [3.8, 4) is 0 Å². The van der Waals surface area contributed by atoms with Gasteiger partial charge in [0.1, 0.15) is 5.56 Å². The summed E-state index contributed by atoms with van der Waals surface area (Å²) in [6, 6.07) is 0. The summed E-state index contributed by atoms with van der Waals surface area (Å²) in [5.74, 6) is -12.2. The molecule has 1 rings (SSSR count). The van der Waals surface area contributed by atoms with E-state index < -0.39 is 40.6 Å². The Labute approximate surface area is 118 Å². The van der Waals surface area contributed by atoms with E-state index in [4.69, 9.17) is 5.73 Å². The first-order chi connectivity index (χ1) is 9.91. The first-order valence-electron chi connectivity index (χ1n) is 6.41. The Morgan fingerprint density at radius 3 is 1.81 bits per heavy atom. The summed E-state index contributed by atoms with van der Waals surface area (Å²) in [5, 5.41) is 2.13. The quantitative estimate of drug-likeness (QED) is 0.352. The first-order valence-corrected chi connectivity index (χ1v) is 6.41. The van der Waals surface area contributed by atoms with Crippen molar-refractivity contribution in [1.29, 1.82) is 0 Å². The summed E-state index contributed by atoms with van der Waals surface area (Å²) >= 11 is 0. The fourth-order valence-corrected chi connectivity index (χ4v) is 1.72. The van der Waals surface area contributed by atoms with Gasteiger partial charge in [0.05, 0.1) is 0 Å². The maximum atomic E-state index is 13.3. The molecule has 0 radical (unpaired) electrons. The molecule has 0 bridgehead atoms. The fourth-order valence-electron chi connectivity index (χ4n) is 1.72. The van der Waals surface area contributed by atoms with Gasteiger partial charge in [0, 0.05) is 6.54 Å². The highest BCUT2D eigenvalue weighted by atomic mass is 19.2. The number of hydrogen-bond donors (Lipinski definition) is 2. The molecular formula is C13H15F5N2O. The summed E-state index contributed by atoms with van der Waals surface area (Å²) in [6.45, 7) is 0.611. The molecule has 1 aromatic carbocycles. The molecule has 0 aliphatic carbocycles. The van der Waals surface area contributed by atoms with Crippen molar-refractivity contribution in [2.45, 2.75) is 25.7 Å². The van der Waals surface area contributed by atoms with E-state index in [2.05, 4.69) is 5.32 Å². The molecule has 0 heterocycles. The average Bonchev–Trinajstić information content (AvgIpc) is 2.47. The molecule has 0 saturated heterocycles. The van der Waals surface area contributed by atoms with Crippen molar-refractivity contribution in [3.63, 3.8) is 0 Å². The second-order valence-corrected chi connectivity index (χ2v) is 4.40. The van der Waals surface area contributed by atoms with Crippen LogP contribution in [0.4, 0.5) is 22.0 Å². The van der Waals surface area contributed by atoms with Crippen LogP contribution in [-0.4, -0.2) is 19.0 Å². The highest BCUT2D eigenvalue weighted by Crippen LogP contribution is 2.22. The van der Waals surface area contributed by atoms with Crippen molar-refractivity contribution in [2.24, 2.45) is 5.73 Å². The molecule has 1 aromatic rings. The molecule has 0 unspecified atom stereocenters. The third-order valence-electron chi connectivity index (χ3n) is 2.85. The predicted octanol–water partition coefficient (Wildman–Crippen LogP) is 2.63. The molecule has 3 N–H and O–H groups in total. The maximum absolute atomic E-state index is 13.3. The summed E-state index contributed by atoms with van der Waals surface area (Å²) in [7, 11) is 0. The van der Waals surface area contributed by atoms with Gasteiger partial charge in [0.2, 0.25) is 5.82 Å². The number of carbonyl (C=O) groups excluding carboxylic acids is 1. The van der Waals surface area contributed by atoms with Gasteiger partial charge in [-0.15, -0.1) is 0 Å². The van der Waals surface area contributed by atoms with Gasteiger partial charge in [0.15, 0.2) is 23.3 Å². The monoisotopic (exact) mass is 310 g/mol. The van der Waals surface area contributed by atoms with Crippen LogP contribution >= 0.6 is 0 Å². The molecule has 1 amide bonds. The maximum Gasteiger partial charge on any atom is 0.257 e. The summed E-state index contributed by atoms with van der Waals surface area (Å²) in [5.41, 5.74) is 3.82. The second-order valence-electron chi connectivity index (χ2n) is 4.40. The molecule has 0 aliphatic rings. The molecule has 0 aliphatic heterocycles. The number of carbonyl (C=O) groups is 1. The van der Waals surface area contributed by atoms with Gasteiger partial charge >= 0.3 is 0 Å². The zero-order valence-electron chi connectivity index (χ0n) is 11.1. The molecule has 8 heteroatoms. The molecule has 0 spiro atoms. The number of halogens is 5. The van der Waals surface area contributed by atoms with E-state index in [0.29, 0.717) is 13.0 Å². The highest BCUT2D eigenvalue weighted by Gasteiger charge is 2.29. The van der Waals surface area contributed by atoms with Gasteiger partial charge in [-0.2, -0.15) is 0 Å². The summed E-state index contributed by atoms with van der Waals surface area (Å²) < 4.78 is 65.4. The number of nitrogens with two attached hydrogens (primary N) is 1. The molecule has 0 saturated carbocycles. The average molecular weight is 310 g/mol. The summed E-state index contributed by atoms with van der Waals surface area (Å²) in [4.78, 5) is 11.5. The van der Waals surface area contributed by atoms with Crippen LogP contribution in [0.1, 0.15) is 36.0 Å². The van der Waals surface area contributed by atoms with Crippen molar-refractivity contribution in [2.75, 3.05) is 13.1 Å². The number of benzene rings is 1. The Morgan fingerprint density at radius 1 is 0.810 bits per heavy atom. The van der Waals surface area contributed by atoms with Crippen molar-refractivity contribution >= 4 is 5.91 Å². The van der Waals surface area contributed by atoms with Gasteiger partial charge in [0.25, 0.3) is 5.91 Å². The van der Waals surface area contributed by atoms with E-state index in [-0.39, 0.29) is 6.54 Å². The Hall–Kier alpha value is -1.70. The van der Waals surface area contributed by atoms with Crippen LogP contribution < -0.4 is 11.1 Å². The molecule has 118 valence electrons. The topological polar surface area (TPSA) is 55.1 Å². The van der Waals surface area contributed by atoms with Crippen LogP contribution in [0.2, 0.25) is 0 Å². The predicted molar refractivity (Wildman–Crippen MR) is 66.1 cm³/mol. The Balaban J connectivity index is 2.71. The normalized spacial score (nSPS) is 10.8. The lowest BCUT2D eigenvalue weighted by Gasteiger charge is -2.09. The Morgan fingerprint density at radius 2 is 1.29 bits per heavy atom. The second kappa shape index (κ2) is 7.92. The van der Waals surface area contributed by atoms with E-state index in [9.17, 15) is 26.7 Å². The largest absolute Gasteiger partial charge is 0.352 e. The zero-order chi connectivity index (χ0) is 16.0. The minimum absolute atomic E-state index is 0.0723. The number of nitrogens with one attached hydrogen (secondary N) is 1. The zero-order valence-corrected chi connectivity index (χ0v) is 11.1. The molecule has 0 atom stereocenters. The molecule has 0 fully saturated rings. The fraction of sp³-hybridized carbons (Fsp3) is 0.462. The summed E-state index contributed by atoms with van der Waals surface area (Å²) in [6.07, 6.45) is 2.89. The lowest BCUT2D eigenvalue weighted by molar-refractivity contribution is 0.0941. The molecule has 21 heavy (non-hydrogen) atoms. The third kappa shape index (κ3) is 4.13. The highest BCUT2D eigenvalue weighted by molar-refractivity contribution is 5.94. The molecular weight excluding hydrogens is 295 g/mol. The smallest absolute Gasteiger partial charge is 0.257 e. The van der Waals surface area contributed by atoms with Crippen molar-refractivity contribution in [3.05, 3.63) is 34.6 Å². The SMILES string of the molecule is NCCCCCCNC(=O)c1c(F)c(F)c(F)c(F)c1F. The van der Waals surface area contributed by atoms with E-state index in [1.807, 2.05) is 0 Å². The number of amides is 1. The van der Waals surface area contributed by atoms with Crippen molar-refractivity contribution < 1.29 is 26.7 Å². The van der Waals surface area contributed by atoms with Gasteiger partial charge in [-0.3, -0.25) is 4.79 Å². The van der Waals surface area contributed by atoms with E-state index in [0.717, 1.165) is 19.3 Å². The minimum Gasteiger partial charge on any atom is -0.352 e. The van der Waals surface area contributed by atoms with E-state index in [1.165, 1.54) is 0 Å². The number of hydrogen-bond acceptors (Lipinski definition) is 2. The van der Waals surface area contributed by atoms with Gasteiger partial charge in [-0.1, -0.05) is 12.8 Å². The standard InChI is InChI=1S/C13H15F5N2O/c14-8-7(9(15)11(17)12(18)10(8)16)13(21)20-6-4-2-1-3-5-19/h1-6,19H2,(H,20,21). The van der Waals surface area contributed by atoms with Crippen LogP contribution in [0, 0.1) is 29.1 Å². The van der Waals surface area contributed by atoms with Gasteiger partial charge in [-0.05, 0) is 19.4 Å². The molecule has 0 aromatic heterocycles. The van der Waals surface area contributed by atoms with Gasteiger partial charge < -0.3 is 11.1 Å². The number of unbranched alkanes of at least 4 members (excludes halogenated alkanes) is 3. The van der Waals surface area contributed by atoms with E-state index in [1.54, 1.807) is 0 Å². The minimum atomic E-state index is -2.29.